The maximum atomic E-state index is 11.7. The zero-order valence-electron chi connectivity index (χ0n) is 13.6. The number of rotatable bonds is 5. The standard InChI is InChI=1S/C18H20N2O3S/c1-4-18(22,16(21)23-3)11-14(19)12-5-6-15-13(9-12)10-17(2,24)7-8-20-15/h4-10,19,22,24H,1,11H2,2-3H3. The zero-order valence-corrected chi connectivity index (χ0v) is 14.5. The van der Waals surface area contributed by atoms with Crippen LogP contribution in [0, 0.1) is 5.41 Å². The van der Waals surface area contributed by atoms with Crippen molar-refractivity contribution in [3.05, 3.63) is 59.3 Å². The number of carbonyl (C=O) groups is 1. The van der Waals surface area contributed by atoms with Crippen LogP contribution >= 0.6 is 12.6 Å². The van der Waals surface area contributed by atoms with E-state index in [4.69, 9.17) is 5.41 Å². The molecule has 0 fully saturated rings. The summed E-state index contributed by atoms with van der Waals surface area (Å²) in [7, 11) is 1.18. The van der Waals surface area contributed by atoms with E-state index in [-0.39, 0.29) is 12.1 Å². The van der Waals surface area contributed by atoms with Gasteiger partial charge in [-0.25, -0.2) is 4.79 Å². The average Bonchev–Trinajstić information content (AvgIpc) is 2.69. The third-order valence-electron chi connectivity index (χ3n) is 3.77. The molecule has 0 bridgehead atoms. The van der Waals surface area contributed by atoms with Gasteiger partial charge in [-0.2, -0.15) is 12.6 Å². The first kappa shape index (κ1) is 18.2. The second kappa shape index (κ2) is 6.75. The fraction of sp³-hybridized carbons (Fsp3) is 0.278. The van der Waals surface area contributed by atoms with Gasteiger partial charge in [0.05, 0.1) is 12.5 Å². The number of fused-ring (bicyclic) bond motifs is 1. The zero-order chi connectivity index (χ0) is 18.0. The molecule has 0 saturated carbocycles. The van der Waals surface area contributed by atoms with E-state index in [0.717, 1.165) is 16.7 Å². The molecule has 2 N–H and O–H groups in total. The van der Waals surface area contributed by atoms with Crippen LogP contribution in [-0.4, -0.2) is 34.2 Å². The molecule has 5 nitrogen and oxygen atoms in total. The summed E-state index contributed by atoms with van der Waals surface area (Å²) in [5, 5.41) is 20.1. The van der Waals surface area contributed by atoms with E-state index in [0.29, 0.717) is 5.56 Å². The van der Waals surface area contributed by atoms with Crippen LogP contribution in [0.15, 0.2) is 48.1 Å². The Morgan fingerprint density at radius 1 is 1.58 bits per heavy atom. The lowest BCUT2D eigenvalue weighted by Crippen LogP contribution is -2.40. The fourth-order valence-electron chi connectivity index (χ4n) is 2.38. The summed E-state index contributed by atoms with van der Waals surface area (Å²) < 4.78 is 4.13. The summed E-state index contributed by atoms with van der Waals surface area (Å²) in [6, 6.07) is 5.32. The Labute approximate surface area is 146 Å². The van der Waals surface area contributed by atoms with Crippen LogP contribution in [0.25, 0.3) is 6.08 Å². The number of methoxy groups -OCH3 is 1. The van der Waals surface area contributed by atoms with Crippen LogP contribution < -0.4 is 10.6 Å². The Balaban J connectivity index is 2.40. The summed E-state index contributed by atoms with van der Waals surface area (Å²) in [5.74, 6) is -0.842. The predicted octanol–water partition coefficient (Wildman–Crippen LogP) is 1.15. The highest BCUT2D eigenvalue weighted by Gasteiger charge is 2.35. The molecule has 0 amide bonds. The van der Waals surface area contributed by atoms with Crippen molar-refractivity contribution in [2.45, 2.75) is 23.7 Å². The molecule has 1 aromatic rings. The monoisotopic (exact) mass is 344 g/mol. The van der Waals surface area contributed by atoms with Crippen molar-refractivity contribution in [2.24, 2.45) is 4.99 Å². The van der Waals surface area contributed by atoms with Gasteiger partial charge in [0.2, 0.25) is 0 Å². The maximum Gasteiger partial charge on any atom is 0.342 e. The van der Waals surface area contributed by atoms with Crippen molar-refractivity contribution in [2.75, 3.05) is 7.11 Å². The van der Waals surface area contributed by atoms with Crippen molar-refractivity contribution in [1.29, 1.82) is 5.41 Å². The van der Waals surface area contributed by atoms with Gasteiger partial charge in [0.25, 0.3) is 0 Å². The number of thiol groups is 1. The highest BCUT2D eigenvalue weighted by atomic mass is 32.1. The molecule has 2 atom stereocenters. The summed E-state index contributed by atoms with van der Waals surface area (Å²) in [5.41, 5.74) is -1.25. The molecule has 2 unspecified atom stereocenters. The first-order valence-electron chi connectivity index (χ1n) is 7.34. The van der Waals surface area contributed by atoms with E-state index < -0.39 is 16.3 Å². The molecule has 0 spiro atoms. The third kappa shape index (κ3) is 3.83. The van der Waals surface area contributed by atoms with E-state index in [1.165, 1.54) is 7.11 Å². The molecule has 0 aromatic heterocycles. The van der Waals surface area contributed by atoms with Crippen molar-refractivity contribution >= 4 is 30.4 Å². The van der Waals surface area contributed by atoms with Gasteiger partial charge < -0.3 is 15.3 Å². The van der Waals surface area contributed by atoms with Crippen LogP contribution in [0.2, 0.25) is 0 Å². The minimum Gasteiger partial charge on any atom is -0.467 e. The van der Waals surface area contributed by atoms with E-state index in [1.54, 1.807) is 24.4 Å². The van der Waals surface area contributed by atoms with Gasteiger partial charge in [0.1, 0.15) is 0 Å². The minimum atomic E-state index is -1.92. The molecule has 1 aliphatic heterocycles. The van der Waals surface area contributed by atoms with Gasteiger partial charge in [-0.1, -0.05) is 18.7 Å². The molecular weight excluding hydrogens is 324 g/mol. The van der Waals surface area contributed by atoms with Crippen LogP contribution in [0.1, 0.15) is 18.9 Å². The van der Waals surface area contributed by atoms with E-state index in [9.17, 15) is 9.90 Å². The van der Waals surface area contributed by atoms with Gasteiger partial charge in [-0.3, -0.25) is 4.99 Å². The van der Waals surface area contributed by atoms with Gasteiger partial charge in [-0.05, 0) is 42.0 Å². The number of benzene rings is 1. The molecule has 24 heavy (non-hydrogen) atoms. The van der Waals surface area contributed by atoms with Gasteiger partial charge in [0, 0.05) is 23.1 Å². The smallest absolute Gasteiger partial charge is 0.342 e. The predicted molar refractivity (Wildman–Crippen MR) is 96.8 cm³/mol. The first-order chi connectivity index (χ1) is 11.2. The number of nitrogens with zero attached hydrogens (tertiary/aromatic N) is 1. The normalized spacial score (nSPS) is 21.3. The SMILES string of the molecule is C=CC(O)(CC(=N)c1ccc2c(c1)=CC(C)(S)C=CN=2)C(=O)OC. The largest absolute Gasteiger partial charge is 0.467 e. The Hall–Kier alpha value is -2.18. The molecule has 1 aromatic carbocycles. The van der Waals surface area contributed by atoms with Crippen LogP contribution in [0.5, 0.6) is 0 Å². The van der Waals surface area contributed by atoms with Gasteiger partial charge in [-0.15, -0.1) is 0 Å². The van der Waals surface area contributed by atoms with Crippen LogP contribution in [0.4, 0.5) is 0 Å². The average molecular weight is 344 g/mol. The number of esters is 1. The Kier molecular flexibility index (Phi) is 5.11. The van der Waals surface area contributed by atoms with E-state index >= 15 is 0 Å². The third-order valence-corrected chi connectivity index (χ3v) is 4.05. The van der Waals surface area contributed by atoms with Crippen LogP contribution in [-0.2, 0) is 9.53 Å². The molecule has 0 aliphatic carbocycles. The molecule has 6 heteroatoms. The second-order valence-electron chi connectivity index (χ2n) is 5.86. The molecule has 126 valence electrons. The Morgan fingerprint density at radius 2 is 2.29 bits per heavy atom. The van der Waals surface area contributed by atoms with Crippen molar-refractivity contribution in [1.82, 2.24) is 0 Å². The minimum absolute atomic E-state index is 0.0945. The van der Waals surface area contributed by atoms with Gasteiger partial charge in [0.15, 0.2) is 5.60 Å². The Bertz CT molecular complexity index is 842. The summed E-state index contributed by atoms with van der Waals surface area (Å²) >= 11 is 4.55. The molecule has 0 saturated heterocycles. The van der Waals surface area contributed by atoms with Crippen LogP contribution in [0.3, 0.4) is 0 Å². The highest BCUT2D eigenvalue weighted by molar-refractivity contribution is 7.82. The second-order valence-corrected chi connectivity index (χ2v) is 6.83. The number of hydrogen-bond donors (Lipinski definition) is 3. The molecule has 1 aliphatic rings. The molecule has 0 radical (unpaired) electrons. The molecule has 2 rings (SSSR count). The summed E-state index contributed by atoms with van der Waals surface area (Å²) in [6.07, 6.45) is 6.38. The molecule has 1 heterocycles. The topological polar surface area (TPSA) is 82.7 Å². The summed E-state index contributed by atoms with van der Waals surface area (Å²) in [4.78, 5) is 16.1. The first-order valence-corrected chi connectivity index (χ1v) is 7.78. The van der Waals surface area contributed by atoms with Gasteiger partial charge >= 0.3 is 5.97 Å². The summed E-state index contributed by atoms with van der Waals surface area (Å²) in [6.45, 7) is 5.40. The highest BCUT2D eigenvalue weighted by Crippen LogP contribution is 2.19. The lowest BCUT2D eigenvalue weighted by Gasteiger charge is -2.21. The quantitative estimate of drug-likeness (QED) is 0.324. The van der Waals surface area contributed by atoms with Crippen molar-refractivity contribution in [3.8, 4) is 0 Å². The number of ether oxygens (including phenoxy) is 1. The lowest BCUT2D eigenvalue weighted by molar-refractivity contribution is -0.156. The van der Waals surface area contributed by atoms with E-state index in [1.807, 2.05) is 19.1 Å². The number of nitrogens with one attached hydrogen (secondary N) is 1. The number of hydrogen-bond acceptors (Lipinski definition) is 6. The maximum absolute atomic E-state index is 11.7. The molecular formula is C18H20N2O3S. The number of carbonyl (C=O) groups excluding carboxylic acids is 1. The Morgan fingerprint density at radius 3 is 2.92 bits per heavy atom. The fourth-order valence-corrected chi connectivity index (χ4v) is 2.59. The van der Waals surface area contributed by atoms with Crippen molar-refractivity contribution < 1.29 is 14.6 Å². The van der Waals surface area contributed by atoms with E-state index in [2.05, 4.69) is 28.9 Å². The lowest BCUT2D eigenvalue weighted by atomic mass is 9.93. The number of aliphatic hydroxyl groups is 1. The van der Waals surface area contributed by atoms with Crippen molar-refractivity contribution in [3.63, 3.8) is 0 Å².